The van der Waals surface area contributed by atoms with Gasteiger partial charge in [-0.25, -0.2) is 4.68 Å². The number of hydrogen-bond acceptors (Lipinski definition) is 6. The molecule has 3 aromatic heterocycles. The SMILES string of the molecule is O=c1ccc(-c2cccnc2)nn1CC1CCCN1CCn1nccn1. The number of likely N-dealkylation sites (tertiary alicyclic amines) is 1. The summed E-state index contributed by atoms with van der Waals surface area (Å²) in [6, 6.07) is 7.46. The van der Waals surface area contributed by atoms with Gasteiger partial charge in [-0.05, 0) is 37.6 Å². The molecule has 3 aromatic rings. The monoisotopic (exact) mass is 351 g/mol. The molecule has 0 saturated carbocycles. The lowest BCUT2D eigenvalue weighted by Gasteiger charge is -2.24. The number of rotatable bonds is 6. The Bertz CT molecular complexity index is 891. The molecule has 1 fully saturated rings. The minimum atomic E-state index is -0.0711. The Morgan fingerprint density at radius 1 is 1.08 bits per heavy atom. The minimum absolute atomic E-state index is 0.0711. The van der Waals surface area contributed by atoms with Crippen LogP contribution in [0.3, 0.4) is 0 Å². The first-order valence-corrected chi connectivity index (χ1v) is 8.86. The highest BCUT2D eigenvalue weighted by Gasteiger charge is 2.25. The average Bonchev–Trinajstić information content (AvgIpc) is 3.34. The second-order valence-electron chi connectivity index (χ2n) is 6.44. The molecule has 0 aromatic carbocycles. The standard InChI is InChI=1S/C18H21N7O/c26-18-6-5-17(15-3-1-7-19-13-15)22-24(18)14-16-4-2-10-23(16)11-12-25-20-8-9-21-25/h1,3,5-9,13,16H,2,4,10-12,14H2. The van der Waals surface area contributed by atoms with Gasteiger partial charge >= 0.3 is 0 Å². The van der Waals surface area contributed by atoms with E-state index in [0.717, 1.165) is 43.7 Å². The largest absolute Gasteiger partial charge is 0.297 e. The Balaban J connectivity index is 1.48. The lowest BCUT2D eigenvalue weighted by Crippen LogP contribution is -2.38. The van der Waals surface area contributed by atoms with E-state index in [0.29, 0.717) is 12.6 Å². The van der Waals surface area contributed by atoms with Gasteiger partial charge in [-0.2, -0.15) is 20.1 Å². The third-order valence-corrected chi connectivity index (χ3v) is 4.76. The second kappa shape index (κ2) is 7.57. The predicted molar refractivity (Wildman–Crippen MR) is 96.3 cm³/mol. The first-order valence-electron chi connectivity index (χ1n) is 8.86. The molecule has 0 N–H and O–H groups in total. The van der Waals surface area contributed by atoms with E-state index in [2.05, 4.69) is 25.2 Å². The Labute approximate surface area is 151 Å². The predicted octanol–water partition coefficient (Wildman–Crippen LogP) is 1.06. The van der Waals surface area contributed by atoms with Gasteiger partial charge in [0.2, 0.25) is 0 Å². The van der Waals surface area contributed by atoms with Crippen molar-refractivity contribution in [3.8, 4) is 11.3 Å². The van der Waals surface area contributed by atoms with Crippen LogP contribution in [0.25, 0.3) is 11.3 Å². The van der Waals surface area contributed by atoms with Crippen molar-refractivity contribution in [1.82, 2.24) is 34.7 Å². The van der Waals surface area contributed by atoms with Gasteiger partial charge in [0.05, 0.1) is 31.2 Å². The third kappa shape index (κ3) is 3.70. The molecule has 4 rings (SSSR count). The maximum absolute atomic E-state index is 12.3. The first kappa shape index (κ1) is 16.6. The summed E-state index contributed by atoms with van der Waals surface area (Å²) in [6.07, 6.45) is 9.07. The summed E-state index contributed by atoms with van der Waals surface area (Å²) >= 11 is 0. The Morgan fingerprint density at radius 2 is 1.96 bits per heavy atom. The maximum Gasteiger partial charge on any atom is 0.266 e. The minimum Gasteiger partial charge on any atom is -0.297 e. The Kier molecular flexibility index (Phi) is 4.83. The summed E-state index contributed by atoms with van der Waals surface area (Å²) < 4.78 is 1.58. The van der Waals surface area contributed by atoms with E-state index in [-0.39, 0.29) is 5.56 Å². The summed E-state index contributed by atoms with van der Waals surface area (Å²) in [5.41, 5.74) is 1.61. The van der Waals surface area contributed by atoms with Gasteiger partial charge in [0.15, 0.2) is 0 Å². The van der Waals surface area contributed by atoms with Crippen molar-refractivity contribution >= 4 is 0 Å². The van der Waals surface area contributed by atoms with Crippen molar-refractivity contribution in [2.45, 2.75) is 32.0 Å². The maximum atomic E-state index is 12.3. The van der Waals surface area contributed by atoms with E-state index in [1.165, 1.54) is 0 Å². The van der Waals surface area contributed by atoms with E-state index < -0.39 is 0 Å². The zero-order chi connectivity index (χ0) is 17.8. The number of pyridine rings is 1. The average molecular weight is 351 g/mol. The summed E-state index contributed by atoms with van der Waals surface area (Å²) in [5, 5.41) is 12.9. The van der Waals surface area contributed by atoms with Crippen LogP contribution in [-0.2, 0) is 13.1 Å². The lowest BCUT2D eigenvalue weighted by molar-refractivity contribution is 0.210. The van der Waals surface area contributed by atoms with Gasteiger partial charge in [-0.15, -0.1) is 0 Å². The van der Waals surface area contributed by atoms with Gasteiger partial charge in [0.25, 0.3) is 5.56 Å². The lowest BCUT2D eigenvalue weighted by atomic mass is 10.2. The smallest absolute Gasteiger partial charge is 0.266 e. The third-order valence-electron chi connectivity index (χ3n) is 4.76. The molecule has 0 spiro atoms. The molecule has 8 heteroatoms. The van der Waals surface area contributed by atoms with Crippen LogP contribution in [0.5, 0.6) is 0 Å². The fourth-order valence-corrected chi connectivity index (χ4v) is 3.42. The van der Waals surface area contributed by atoms with Gasteiger partial charge in [-0.1, -0.05) is 0 Å². The van der Waals surface area contributed by atoms with Crippen LogP contribution in [-0.4, -0.2) is 53.8 Å². The fourth-order valence-electron chi connectivity index (χ4n) is 3.42. The molecule has 0 bridgehead atoms. The van der Waals surface area contributed by atoms with Gasteiger partial charge < -0.3 is 0 Å². The molecule has 1 atom stereocenters. The molecule has 4 heterocycles. The summed E-state index contributed by atoms with van der Waals surface area (Å²) in [7, 11) is 0. The molecule has 8 nitrogen and oxygen atoms in total. The quantitative estimate of drug-likeness (QED) is 0.660. The molecular formula is C18H21N7O. The molecule has 0 radical (unpaired) electrons. The normalized spacial score (nSPS) is 17.6. The van der Waals surface area contributed by atoms with Crippen molar-refractivity contribution < 1.29 is 0 Å². The zero-order valence-corrected chi connectivity index (χ0v) is 14.5. The van der Waals surface area contributed by atoms with Crippen LogP contribution in [0.4, 0.5) is 0 Å². The topological polar surface area (TPSA) is 81.7 Å². The molecule has 1 unspecified atom stereocenters. The molecule has 1 aliphatic rings. The first-order chi connectivity index (χ1) is 12.8. The van der Waals surface area contributed by atoms with Crippen molar-refractivity contribution in [2.75, 3.05) is 13.1 Å². The van der Waals surface area contributed by atoms with Crippen LogP contribution in [0.15, 0.2) is 53.8 Å². The van der Waals surface area contributed by atoms with Crippen molar-refractivity contribution in [1.29, 1.82) is 0 Å². The number of aromatic nitrogens is 6. The van der Waals surface area contributed by atoms with Crippen molar-refractivity contribution in [3.63, 3.8) is 0 Å². The van der Waals surface area contributed by atoms with E-state index in [1.807, 2.05) is 12.1 Å². The van der Waals surface area contributed by atoms with E-state index in [1.54, 1.807) is 46.4 Å². The number of hydrogen-bond donors (Lipinski definition) is 0. The van der Waals surface area contributed by atoms with Crippen LogP contribution in [0.1, 0.15) is 12.8 Å². The van der Waals surface area contributed by atoms with Crippen molar-refractivity contribution in [2.24, 2.45) is 0 Å². The van der Waals surface area contributed by atoms with E-state index >= 15 is 0 Å². The van der Waals surface area contributed by atoms with Crippen LogP contribution in [0.2, 0.25) is 0 Å². The zero-order valence-electron chi connectivity index (χ0n) is 14.5. The molecule has 1 saturated heterocycles. The van der Waals surface area contributed by atoms with Crippen LogP contribution in [0, 0.1) is 0 Å². The molecule has 26 heavy (non-hydrogen) atoms. The summed E-state index contributed by atoms with van der Waals surface area (Å²) in [6.45, 7) is 3.25. The highest BCUT2D eigenvalue weighted by Crippen LogP contribution is 2.19. The fraction of sp³-hybridized carbons (Fsp3) is 0.389. The number of nitrogens with zero attached hydrogens (tertiary/aromatic N) is 7. The summed E-state index contributed by atoms with van der Waals surface area (Å²) in [5.74, 6) is 0. The van der Waals surface area contributed by atoms with E-state index in [9.17, 15) is 4.79 Å². The Hall–Kier alpha value is -2.87. The van der Waals surface area contributed by atoms with Gasteiger partial charge in [0.1, 0.15) is 0 Å². The highest BCUT2D eigenvalue weighted by atomic mass is 16.1. The Morgan fingerprint density at radius 3 is 2.77 bits per heavy atom. The van der Waals surface area contributed by atoms with Gasteiger partial charge in [0, 0.05) is 36.6 Å². The van der Waals surface area contributed by atoms with Crippen LogP contribution >= 0.6 is 0 Å². The molecular weight excluding hydrogens is 330 g/mol. The van der Waals surface area contributed by atoms with Crippen LogP contribution < -0.4 is 5.56 Å². The highest BCUT2D eigenvalue weighted by molar-refractivity contribution is 5.56. The van der Waals surface area contributed by atoms with E-state index in [4.69, 9.17) is 0 Å². The van der Waals surface area contributed by atoms with Crippen molar-refractivity contribution in [3.05, 3.63) is 59.4 Å². The summed E-state index contributed by atoms with van der Waals surface area (Å²) in [4.78, 5) is 20.5. The molecule has 0 amide bonds. The van der Waals surface area contributed by atoms with Gasteiger partial charge in [-0.3, -0.25) is 14.7 Å². The second-order valence-corrected chi connectivity index (χ2v) is 6.44. The molecule has 0 aliphatic carbocycles. The molecule has 1 aliphatic heterocycles. The molecule has 134 valence electrons.